The quantitative estimate of drug-likeness (QED) is 0.839. The summed E-state index contributed by atoms with van der Waals surface area (Å²) in [5.74, 6) is 0. The molecule has 0 fully saturated rings. The number of hydrogen-bond acceptors (Lipinski definition) is 4. The second kappa shape index (κ2) is 7.27. The van der Waals surface area contributed by atoms with Gasteiger partial charge < -0.3 is 15.0 Å². The van der Waals surface area contributed by atoms with Crippen LogP contribution in [-0.4, -0.2) is 35.2 Å². The van der Waals surface area contributed by atoms with Gasteiger partial charge in [-0.05, 0) is 53.0 Å². The van der Waals surface area contributed by atoms with Crippen LogP contribution in [0.1, 0.15) is 46.4 Å². The Bertz CT molecular complexity index is 430. The summed E-state index contributed by atoms with van der Waals surface area (Å²) < 4.78 is 5.49. The van der Waals surface area contributed by atoms with E-state index in [4.69, 9.17) is 4.74 Å². The van der Waals surface area contributed by atoms with Gasteiger partial charge in [-0.2, -0.15) is 0 Å². The highest BCUT2D eigenvalue weighted by atomic mass is 32.1. The lowest BCUT2D eigenvalue weighted by molar-refractivity contribution is 0.00664. The summed E-state index contributed by atoms with van der Waals surface area (Å²) in [5, 5.41) is 5.44. The molecular formula is C16H28N2O2S. The first-order valence-corrected chi connectivity index (χ1v) is 8.21. The third kappa shape index (κ3) is 6.96. The van der Waals surface area contributed by atoms with Crippen molar-refractivity contribution < 1.29 is 9.53 Å². The second-order valence-electron chi connectivity index (χ2n) is 7.06. The van der Waals surface area contributed by atoms with Crippen molar-refractivity contribution in [1.82, 2.24) is 10.2 Å². The number of nitrogens with zero attached hydrogens (tertiary/aromatic N) is 1. The lowest BCUT2D eigenvalue weighted by atomic mass is 10.1. The molecule has 0 saturated heterocycles. The molecule has 21 heavy (non-hydrogen) atoms. The largest absolute Gasteiger partial charge is 0.444 e. The predicted molar refractivity (Wildman–Crippen MR) is 88.7 cm³/mol. The number of carbonyl (C=O) groups is 1. The van der Waals surface area contributed by atoms with Gasteiger partial charge in [0.2, 0.25) is 0 Å². The fourth-order valence-corrected chi connectivity index (χ4v) is 2.51. The highest BCUT2D eigenvalue weighted by molar-refractivity contribution is 7.09. The number of hydrogen-bond donors (Lipinski definition) is 1. The van der Waals surface area contributed by atoms with Gasteiger partial charge in [-0.15, -0.1) is 11.3 Å². The maximum absolute atomic E-state index is 12.3. The van der Waals surface area contributed by atoms with Crippen LogP contribution in [0, 0.1) is 0 Å². The summed E-state index contributed by atoms with van der Waals surface area (Å²) in [6.07, 6.45) is -0.257. The van der Waals surface area contributed by atoms with Crippen LogP contribution in [0.2, 0.25) is 0 Å². The average Bonchev–Trinajstić information content (AvgIpc) is 2.77. The highest BCUT2D eigenvalue weighted by Crippen LogP contribution is 2.18. The van der Waals surface area contributed by atoms with E-state index in [1.807, 2.05) is 47.6 Å². The van der Waals surface area contributed by atoms with E-state index in [0.717, 1.165) is 13.1 Å². The molecule has 1 heterocycles. The molecule has 0 atom stereocenters. The zero-order chi connectivity index (χ0) is 16.1. The number of thiophene rings is 1. The van der Waals surface area contributed by atoms with Crippen molar-refractivity contribution in [3.8, 4) is 0 Å². The number of amides is 1. The first-order valence-electron chi connectivity index (χ1n) is 7.33. The monoisotopic (exact) mass is 312 g/mol. The van der Waals surface area contributed by atoms with Gasteiger partial charge in [-0.3, -0.25) is 0 Å². The first kappa shape index (κ1) is 18.0. The molecule has 1 aromatic rings. The van der Waals surface area contributed by atoms with Crippen molar-refractivity contribution in [2.75, 3.05) is 13.1 Å². The molecule has 1 N–H and O–H groups in total. The molecule has 0 aliphatic rings. The summed E-state index contributed by atoms with van der Waals surface area (Å²) in [6, 6.07) is 4.15. The topological polar surface area (TPSA) is 41.6 Å². The molecule has 5 heteroatoms. The second-order valence-corrected chi connectivity index (χ2v) is 8.09. The van der Waals surface area contributed by atoms with E-state index in [-0.39, 0.29) is 11.6 Å². The molecule has 1 aromatic heterocycles. The van der Waals surface area contributed by atoms with Crippen LogP contribution in [0.3, 0.4) is 0 Å². The van der Waals surface area contributed by atoms with Crippen LogP contribution in [0.25, 0.3) is 0 Å². The Hall–Kier alpha value is -1.07. The summed E-state index contributed by atoms with van der Waals surface area (Å²) in [4.78, 5) is 15.4. The fraction of sp³-hybridized carbons (Fsp3) is 0.688. The van der Waals surface area contributed by atoms with E-state index in [9.17, 15) is 4.79 Å². The molecule has 0 spiro atoms. The number of carbonyl (C=O) groups excluding carboxylic acids is 1. The van der Waals surface area contributed by atoms with Crippen molar-refractivity contribution in [2.24, 2.45) is 0 Å². The molecule has 120 valence electrons. The number of ether oxygens (including phenoxy) is 1. The lowest BCUT2D eigenvalue weighted by Gasteiger charge is -2.36. The molecule has 0 unspecified atom stereocenters. The molecule has 0 aromatic carbocycles. The molecular weight excluding hydrogens is 284 g/mol. The molecule has 0 aliphatic heterocycles. The van der Waals surface area contributed by atoms with Crippen molar-refractivity contribution in [2.45, 2.75) is 59.2 Å². The van der Waals surface area contributed by atoms with Gasteiger partial charge >= 0.3 is 6.09 Å². The van der Waals surface area contributed by atoms with Gasteiger partial charge in [-0.25, -0.2) is 4.79 Å². The Labute approximate surface area is 132 Å². The Balaban J connectivity index is 2.49. The predicted octanol–water partition coefficient (Wildman–Crippen LogP) is 3.87. The Morgan fingerprint density at radius 3 is 2.43 bits per heavy atom. The van der Waals surface area contributed by atoms with Gasteiger partial charge in [0.15, 0.2) is 0 Å². The van der Waals surface area contributed by atoms with Gasteiger partial charge in [-0.1, -0.05) is 6.07 Å². The average molecular weight is 312 g/mol. The van der Waals surface area contributed by atoms with E-state index in [1.54, 1.807) is 16.2 Å². The summed E-state index contributed by atoms with van der Waals surface area (Å²) >= 11 is 1.73. The van der Waals surface area contributed by atoms with Crippen LogP contribution >= 0.6 is 11.3 Å². The standard InChI is InChI=1S/C16H28N2O2S/c1-15(2,3)18(14(19)20-16(4,5)6)10-9-17-12-13-8-7-11-21-13/h7-8,11,17H,9-10,12H2,1-6H3. The van der Waals surface area contributed by atoms with E-state index in [0.29, 0.717) is 6.54 Å². The van der Waals surface area contributed by atoms with Crippen LogP contribution in [0.15, 0.2) is 17.5 Å². The van der Waals surface area contributed by atoms with E-state index < -0.39 is 5.60 Å². The maximum Gasteiger partial charge on any atom is 0.410 e. The molecule has 0 bridgehead atoms. The molecule has 0 aliphatic carbocycles. The highest BCUT2D eigenvalue weighted by Gasteiger charge is 2.30. The first-order chi connectivity index (χ1) is 9.59. The van der Waals surface area contributed by atoms with Crippen LogP contribution in [0.4, 0.5) is 4.79 Å². The molecule has 0 radical (unpaired) electrons. The summed E-state index contributed by atoms with van der Waals surface area (Å²) in [7, 11) is 0. The minimum atomic E-state index is -0.467. The van der Waals surface area contributed by atoms with Gasteiger partial charge in [0.05, 0.1) is 0 Å². The fourth-order valence-electron chi connectivity index (χ4n) is 1.83. The summed E-state index contributed by atoms with van der Waals surface area (Å²) in [6.45, 7) is 14.0. The van der Waals surface area contributed by atoms with E-state index >= 15 is 0 Å². The minimum absolute atomic E-state index is 0.257. The third-order valence-electron chi connectivity index (χ3n) is 2.82. The van der Waals surface area contributed by atoms with Crippen LogP contribution in [-0.2, 0) is 11.3 Å². The SMILES string of the molecule is CC(C)(C)OC(=O)N(CCNCc1cccs1)C(C)(C)C. The normalized spacial score (nSPS) is 12.3. The maximum atomic E-state index is 12.3. The van der Waals surface area contributed by atoms with E-state index in [1.165, 1.54) is 4.88 Å². The molecule has 1 amide bonds. The van der Waals surface area contributed by atoms with Crippen molar-refractivity contribution >= 4 is 17.4 Å². The van der Waals surface area contributed by atoms with Gasteiger partial charge in [0.1, 0.15) is 5.60 Å². The van der Waals surface area contributed by atoms with Crippen molar-refractivity contribution in [3.05, 3.63) is 22.4 Å². The zero-order valence-corrected chi connectivity index (χ0v) is 14.8. The smallest absolute Gasteiger partial charge is 0.410 e. The number of rotatable bonds is 5. The lowest BCUT2D eigenvalue weighted by Crippen LogP contribution is -2.50. The summed E-state index contributed by atoms with van der Waals surface area (Å²) in [5.41, 5.74) is -0.724. The third-order valence-corrected chi connectivity index (χ3v) is 3.69. The Kier molecular flexibility index (Phi) is 6.23. The van der Waals surface area contributed by atoms with Crippen molar-refractivity contribution in [3.63, 3.8) is 0 Å². The van der Waals surface area contributed by atoms with Gasteiger partial charge in [0, 0.05) is 30.1 Å². The Morgan fingerprint density at radius 2 is 1.95 bits per heavy atom. The van der Waals surface area contributed by atoms with Gasteiger partial charge in [0.25, 0.3) is 0 Å². The molecule has 4 nitrogen and oxygen atoms in total. The zero-order valence-electron chi connectivity index (χ0n) is 14.0. The van der Waals surface area contributed by atoms with Crippen LogP contribution < -0.4 is 5.32 Å². The van der Waals surface area contributed by atoms with Crippen LogP contribution in [0.5, 0.6) is 0 Å². The molecule has 0 saturated carbocycles. The number of nitrogens with one attached hydrogen (secondary N) is 1. The minimum Gasteiger partial charge on any atom is -0.444 e. The Morgan fingerprint density at radius 1 is 1.29 bits per heavy atom. The van der Waals surface area contributed by atoms with E-state index in [2.05, 4.69) is 16.8 Å². The molecule has 1 rings (SSSR count). The van der Waals surface area contributed by atoms with Crippen molar-refractivity contribution in [1.29, 1.82) is 0 Å².